The van der Waals surface area contributed by atoms with Gasteiger partial charge in [-0.05, 0) is 113 Å². The molecule has 2 aromatic rings. The summed E-state index contributed by atoms with van der Waals surface area (Å²) in [6.45, 7) is 9.12. The molecule has 5 heteroatoms. The first-order valence-corrected chi connectivity index (χ1v) is 13.8. The van der Waals surface area contributed by atoms with Crippen LogP contribution in [0.2, 0.25) is 0 Å². The Labute approximate surface area is 216 Å². The van der Waals surface area contributed by atoms with Crippen molar-refractivity contribution in [2.24, 2.45) is 11.8 Å². The molecule has 2 aliphatic rings. The number of hydrogen-bond acceptors (Lipinski definition) is 3. The van der Waals surface area contributed by atoms with Crippen LogP contribution in [0.4, 0.5) is 9.18 Å². The van der Waals surface area contributed by atoms with Gasteiger partial charge in [-0.1, -0.05) is 48.9 Å². The van der Waals surface area contributed by atoms with Crippen LogP contribution in [0, 0.1) is 17.7 Å². The van der Waals surface area contributed by atoms with E-state index in [1.165, 1.54) is 36.8 Å². The first-order chi connectivity index (χ1) is 17.2. The molecular formula is C31H43FN2O2. The van der Waals surface area contributed by atoms with Gasteiger partial charge in [-0.3, -0.25) is 0 Å². The first-order valence-electron chi connectivity index (χ1n) is 13.8. The van der Waals surface area contributed by atoms with E-state index in [2.05, 4.69) is 40.5 Å². The highest BCUT2D eigenvalue weighted by molar-refractivity contribution is 5.68. The molecule has 1 aliphatic heterocycles. The summed E-state index contributed by atoms with van der Waals surface area (Å²) in [5.41, 5.74) is 2.13. The topological polar surface area (TPSA) is 41.6 Å². The van der Waals surface area contributed by atoms with Gasteiger partial charge in [0, 0.05) is 12.6 Å². The number of ether oxygens (including phenoxy) is 1. The molecule has 0 bridgehead atoms. The fourth-order valence-electron chi connectivity index (χ4n) is 6.06. The smallest absolute Gasteiger partial charge is 0.407 e. The number of benzene rings is 2. The van der Waals surface area contributed by atoms with Gasteiger partial charge in [0.25, 0.3) is 0 Å². The molecular weight excluding hydrogens is 451 g/mol. The lowest BCUT2D eigenvalue weighted by Crippen LogP contribution is -2.39. The van der Waals surface area contributed by atoms with E-state index in [1.807, 2.05) is 32.9 Å². The second-order valence-corrected chi connectivity index (χ2v) is 11.9. The molecule has 1 aliphatic carbocycles. The maximum absolute atomic E-state index is 13.1. The predicted octanol–water partition coefficient (Wildman–Crippen LogP) is 6.95. The molecule has 0 spiro atoms. The zero-order chi connectivity index (χ0) is 25.5. The van der Waals surface area contributed by atoms with Gasteiger partial charge in [0.05, 0.1) is 0 Å². The summed E-state index contributed by atoms with van der Waals surface area (Å²) in [5.74, 6) is 1.62. The number of rotatable bonds is 8. The highest BCUT2D eigenvalue weighted by Crippen LogP contribution is 2.41. The molecule has 1 heterocycles. The second kappa shape index (κ2) is 12.2. The number of hydrogen-bond donors (Lipinski definition) is 1. The van der Waals surface area contributed by atoms with E-state index in [-0.39, 0.29) is 18.0 Å². The summed E-state index contributed by atoms with van der Waals surface area (Å²) in [6, 6.07) is 17.9. The van der Waals surface area contributed by atoms with E-state index in [1.54, 1.807) is 12.1 Å². The van der Waals surface area contributed by atoms with Crippen molar-refractivity contribution >= 4 is 6.09 Å². The Morgan fingerprint density at radius 1 is 1.03 bits per heavy atom. The standard InChI is InChI=1S/C31H43FN2O2/c1-31(2,3)36-30(35)33-28-20-26(29(21-28)25-10-5-4-6-11-25)22-34-18-16-24(17-19-34)9-7-8-23-12-14-27(32)15-13-23/h4-6,10-15,24,26,28-29H,7-9,16-22H2,1-3H3,(H,33,35)/t26-,28+,29-/m1/s1. The molecule has 1 saturated heterocycles. The van der Waals surface area contributed by atoms with Gasteiger partial charge in [-0.25, -0.2) is 9.18 Å². The fourth-order valence-corrected chi connectivity index (χ4v) is 6.06. The maximum atomic E-state index is 13.1. The summed E-state index contributed by atoms with van der Waals surface area (Å²) in [6.07, 6.45) is 7.63. The van der Waals surface area contributed by atoms with Crippen LogP contribution in [-0.2, 0) is 11.2 Å². The van der Waals surface area contributed by atoms with Crippen LogP contribution in [-0.4, -0.2) is 42.3 Å². The van der Waals surface area contributed by atoms with Crippen molar-refractivity contribution in [3.8, 4) is 0 Å². The minimum Gasteiger partial charge on any atom is -0.444 e. The SMILES string of the molecule is CC(C)(C)OC(=O)N[C@H]1C[C@H](CN2CCC(CCCc3ccc(F)cc3)CC2)[C@@H](c2ccccc2)C1. The number of alkyl carbamates (subject to hydrolysis) is 1. The Morgan fingerprint density at radius 3 is 2.39 bits per heavy atom. The van der Waals surface area contributed by atoms with Crippen molar-refractivity contribution in [1.82, 2.24) is 10.2 Å². The van der Waals surface area contributed by atoms with E-state index in [0.29, 0.717) is 11.8 Å². The van der Waals surface area contributed by atoms with Crippen molar-refractivity contribution < 1.29 is 13.9 Å². The molecule has 1 amide bonds. The van der Waals surface area contributed by atoms with Crippen LogP contribution in [0.5, 0.6) is 0 Å². The summed E-state index contributed by atoms with van der Waals surface area (Å²) in [5, 5.41) is 3.15. The third-order valence-electron chi connectivity index (χ3n) is 7.83. The van der Waals surface area contributed by atoms with Crippen LogP contribution < -0.4 is 5.32 Å². The Kier molecular flexibility index (Phi) is 9.05. The average molecular weight is 495 g/mol. The highest BCUT2D eigenvalue weighted by Gasteiger charge is 2.37. The van der Waals surface area contributed by atoms with Crippen molar-refractivity contribution in [2.45, 2.75) is 83.3 Å². The lowest BCUT2D eigenvalue weighted by molar-refractivity contribution is 0.0503. The molecule has 4 rings (SSSR count). The van der Waals surface area contributed by atoms with E-state index >= 15 is 0 Å². The van der Waals surface area contributed by atoms with Gasteiger partial charge in [0.2, 0.25) is 0 Å². The molecule has 3 atom stereocenters. The Bertz CT molecular complexity index is 949. The van der Waals surface area contributed by atoms with E-state index in [0.717, 1.165) is 44.8 Å². The lowest BCUT2D eigenvalue weighted by Gasteiger charge is -2.35. The summed E-state index contributed by atoms with van der Waals surface area (Å²) in [7, 11) is 0. The van der Waals surface area contributed by atoms with Crippen LogP contribution >= 0.6 is 0 Å². The number of piperidine rings is 1. The third kappa shape index (κ3) is 8.06. The fraction of sp³-hybridized carbons (Fsp3) is 0.581. The summed E-state index contributed by atoms with van der Waals surface area (Å²) in [4.78, 5) is 15.1. The quantitative estimate of drug-likeness (QED) is 0.432. The first kappa shape index (κ1) is 26.7. The molecule has 2 fully saturated rings. The van der Waals surface area contributed by atoms with Gasteiger partial charge in [0.1, 0.15) is 11.4 Å². The normalized spacial score (nSPS) is 23.5. The molecule has 1 saturated carbocycles. The van der Waals surface area contributed by atoms with Crippen molar-refractivity contribution in [1.29, 1.82) is 0 Å². The lowest BCUT2D eigenvalue weighted by atomic mass is 9.87. The second-order valence-electron chi connectivity index (χ2n) is 11.9. The van der Waals surface area contributed by atoms with Crippen molar-refractivity contribution in [3.05, 3.63) is 71.5 Å². The van der Waals surface area contributed by atoms with E-state index < -0.39 is 5.60 Å². The van der Waals surface area contributed by atoms with E-state index in [9.17, 15) is 9.18 Å². The summed E-state index contributed by atoms with van der Waals surface area (Å²) < 4.78 is 18.6. The number of likely N-dealkylation sites (tertiary alicyclic amines) is 1. The predicted molar refractivity (Wildman–Crippen MR) is 144 cm³/mol. The van der Waals surface area contributed by atoms with Crippen molar-refractivity contribution in [3.63, 3.8) is 0 Å². The minimum atomic E-state index is -0.482. The Morgan fingerprint density at radius 2 is 1.72 bits per heavy atom. The number of amides is 1. The van der Waals surface area contributed by atoms with Crippen LogP contribution in [0.3, 0.4) is 0 Å². The zero-order valence-corrected chi connectivity index (χ0v) is 22.2. The molecule has 0 aromatic heterocycles. The molecule has 4 nitrogen and oxygen atoms in total. The molecule has 0 radical (unpaired) electrons. The molecule has 2 aromatic carbocycles. The number of nitrogens with zero attached hydrogens (tertiary/aromatic N) is 1. The van der Waals surface area contributed by atoms with Gasteiger partial charge >= 0.3 is 6.09 Å². The largest absolute Gasteiger partial charge is 0.444 e. The van der Waals surface area contributed by atoms with Gasteiger partial charge in [-0.2, -0.15) is 0 Å². The summed E-state index contributed by atoms with van der Waals surface area (Å²) >= 11 is 0. The average Bonchev–Trinajstić information content (AvgIpc) is 3.22. The monoisotopic (exact) mass is 494 g/mol. The number of halogens is 1. The number of nitrogens with one attached hydrogen (secondary N) is 1. The minimum absolute atomic E-state index is 0.152. The van der Waals surface area contributed by atoms with Gasteiger partial charge < -0.3 is 15.0 Å². The van der Waals surface area contributed by atoms with E-state index in [4.69, 9.17) is 4.74 Å². The molecule has 196 valence electrons. The van der Waals surface area contributed by atoms with Gasteiger partial charge in [-0.15, -0.1) is 0 Å². The van der Waals surface area contributed by atoms with Gasteiger partial charge in [0.15, 0.2) is 0 Å². The highest BCUT2D eigenvalue weighted by atomic mass is 19.1. The molecule has 1 N–H and O–H groups in total. The third-order valence-corrected chi connectivity index (χ3v) is 7.83. The Hall–Kier alpha value is -2.40. The molecule has 36 heavy (non-hydrogen) atoms. The van der Waals surface area contributed by atoms with Crippen molar-refractivity contribution in [2.75, 3.05) is 19.6 Å². The van der Waals surface area contributed by atoms with Crippen LogP contribution in [0.15, 0.2) is 54.6 Å². The zero-order valence-electron chi connectivity index (χ0n) is 22.2. The van der Waals surface area contributed by atoms with Crippen LogP contribution in [0.1, 0.15) is 76.3 Å². The number of carbonyl (C=O) groups is 1. The Balaban J connectivity index is 1.26. The van der Waals surface area contributed by atoms with Crippen LogP contribution in [0.25, 0.3) is 0 Å². The number of carbonyl (C=O) groups excluding carboxylic acids is 1. The number of aryl methyl sites for hydroxylation is 1. The maximum Gasteiger partial charge on any atom is 0.407 e. The molecule has 0 unspecified atom stereocenters.